The normalized spacial score (nSPS) is 11.2. The number of amides is 1. The number of rotatable bonds is 7. The quantitative estimate of drug-likeness (QED) is 0.345. The number of carbonyl (C=O) groups excluding carboxylic acids is 1. The van der Waals surface area contributed by atoms with Crippen LogP contribution in [0.5, 0.6) is 0 Å². The first-order valence-electron chi connectivity index (χ1n) is 8.62. The van der Waals surface area contributed by atoms with Gasteiger partial charge < -0.3 is 10.6 Å². The van der Waals surface area contributed by atoms with Crippen LogP contribution >= 0.6 is 0 Å². The number of anilines is 1. The lowest BCUT2D eigenvalue weighted by atomic mass is 10.1. The number of carbonyl (C=O) groups is 1. The second kappa shape index (κ2) is 8.59. The minimum Gasteiger partial charge on any atom is -0.378 e. The van der Waals surface area contributed by atoms with Crippen LogP contribution in [0.25, 0.3) is 5.69 Å². The Morgan fingerprint density at radius 1 is 1.10 bits per heavy atom. The molecule has 1 heterocycles. The highest BCUT2D eigenvalue weighted by molar-refractivity contribution is 5.91. The van der Waals surface area contributed by atoms with Crippen molar-refractivity contribution in [1.29, 1.82) is 0 Å². The maximum Gasteiger partial charge on any atom is 0.418 e. The number of nitro groups is 1. The summed E-state index contributed by atoms with van der Waals surface area (Å²) in [5.41, 5.74) is -1.13. The molecule has 0 bridgehead atoms. The standard InChI is InChI=1S/C18H15F3N6O3/c19-18(20,21)12-5-1-3-7-15(12)26-11-14(24-25-26)17(28)23-10-9-22-13-6-2-4-8-16(13)27(29)30/h1-8,11,22H,9-10H2,(H,23,28). The Bertz CT molecular complexity index is 1070. The molecule has 0 spiro atoms. The van der Waals surface area contributed by atoms with E-state index in [9.17, 15) is 28.1 Å². The van der Waals surface area contributed by atoms with Crippen LogP contribution in [0.2, 0.25) is 0 Å². The zero-order valence-electron chi connectivity index (χ0n) is 15.3. The fourth-order valence-electron chi connectivity index (χ4n) is 2.64. The van der Waals surface area contributed by atoms with Crippen LogP contribution in [-0.4, -0.2) is 38.9 Å². The van der Waals surface area contributed by atoms with E-state index < -0.39 is 22.6 Å². The summed E-state index contributed by atoms with van der Waals surface area (Å²) in [6.45, 7) is 0.276. The van der Waals surface area contributed by atoms with Crippen molar-refractivity contribution in [1.82, 2.24) is 20.3 Å². The molecule has 0 saturated carbocycles. The third-order valence-electron chi connectivity index (χ3n) is 4.01. The second-order valence-electron chi connectivity index (χ2n) is 6.02. The third kappa shape index (κ3) is 4.71. The van der Waals surface area contributed by atoms with Crippen LogP contribution in [0.1, 0.15) is 16.1 Å². The van der Waals surface area contributed by atoms with Gasteiger partial charge in [-0.1, -0.05) is 29.5 Å². The van der Waals surface area contributed by atoms with Gasteiger partial charge in [0.2, 0.25) is 0 Å². The highest BCUT2D eigenvalue weighted by atomic mass is 19.4. The molecule has 0 unspecified atom stereocenters. The third-order valence-corrected chi connectivity index (χ3v) is 4.01. The summed E-state index contributed by atoms with van der Waals surface area (Å²) in [4.78, 5) is 22.6. The zero-order valence-corrected chi connectivity index (χ0v) is 15.3. The van der Waals surface area contributed by atoms with E-state index in [1.807, 2.05) is 0 Å². The smallest absolute Gasteiger partial charge is 0.378 e. The summed E-state index contributed by atoms with van der Waals surface area (Å²) in [7, 11) is 0. The SMILES string of the molecule is O=C(NCCNc1ccccc1[N+](=O)[O-])c1cn(-c2ccccc2C(F)(F)F)nn1. The fraction of sp³-hybridized carbons (Fsp3) is 0.167. The molecular formula is C18H15F3N6O3. The molecular weight excluding hydrogens is 405 g/mol. The van der Waals surface area contributed by atoms with E-state index in [1.54, 1.807) is 6.07 Å². The van der Waals surface area contributed by atoms with Crippen molar-refractivity contribution < 1.29 is 22.9 Å². The predicted octanol–water partition coefficient (Wildman–Crippen LogP) is 3.04. The average molecular weight is 420 g/mol. The number of nitrogens with one attached hydrogen (secondary N) is 2. The first kappa shape index (κ1) is 20.8. The van der Waals surface area contributed by atoms with Gasteiger partial charge in [0.05, 0.1) is 22.4 Å². The Labute approximate surface area is 167 Å². The van der Waals surface area contributed by atoms with Gasteiger partial charge in [0.25, 0.3) is 11.6 Å². The van der Waals surface area contributed by atoms with Crippen LogP contribution in [0.15, 0.2) is 54.7 Å². The van der Waals surface area contributed by atoms with Crippen LogP contribution in [0.4, 0.5) is 24.5 Å². The number of halogens is 3. The van der Waals surface area contributed by atoms with Gasteiger partial charge in [0, 0.05) is 19.2 Å². The molecule has 0 radical (unpaired) electrons. The molecule has 0 aliphatic rings. The molecule has 2 aromatic carbocycles. The summed E-state index contributed by atoms with van der Waals surface area (Å²) in [6, 6.07) is 10.8. The van der Waals surface area contributed by atoms with Gasteiger partial charge in [-0.05, 0) is 18.2 Å². The zero-order chi connectivity index (χ0) is 21.7. The van der Waals surface area contributed by atoms with Gasteiger partial charge >= 0.3 is 6.18 Å². The molecule has 0 aliphatic heterocycles. The van der Waals surface area contributed by atoms with E-state index in [1.165, 1.54) is 36.4 Å². The topological polar surface area (TPSA) is 115 Å². The Balaban J connectivity index is 1.61. The number of para-hydroxylation sites is 3. The Kier molecular flexibility index (Phi) is 5.95. The molecule has 2 N–H and O–H groups in total. The molecule has 0 aliphatic carbocycles. The van der Waals surface area contributed by atoms with E-state index in [0.717, 1.165) is 16.9 Å². The molecule has 9 nitrogen and oxygen atoms in total. The molecule has 0 saturated heterocycles. The molecule has 12 heteroatoms. The van der Waals surface area contributed by atoms with E-state index in [0.29, 0.717) is 5.69 Å². The van der Waals surface area contributed by atoms with Crippen molar-refractivity contribution in [3.8, 4) is 5.69 Å². The van der Waals surface area contributed by atoms with Gasteiger partial charge in [-0.2, -0.15) is 13.2 Å². The average Bonchev–Trinajstić information content (AvgIpc) is 3.21. The van der Waals surface area contributed by atoms with Crippen molar-refractivity contribution in [3.63, 3.8) is 0 Å². The van der Waals surface area contributed by atoms with Crippen LogP contribution in [0.3, 0.4) is 0 Å². The second-order valence-corrected chi connectivity index (χ2v) is 6.02. The predicted molar refractivity (Wildman–Crippen MR) is 100 cm³/mol. The molecule has 3 rings (SSSR count). The number of hydrogen-bond donors (Lipinski definition) is 2. The van der Waals surface area contributed by atoms with E-state index in [-0.39, 0.29) is 30.2 Å². The van der Waals surface area contributed by atoms with Crippen molar-refractivity contribution in [2.24, 2.45) is 0 Å². The van der Waals surface area contributed by atoms with Crippen molar-refractivity contribution in [3.05, 3.63) is 76.1 Å². The molecule has 0 fully saturated rings. The van der Waals surface area contributed by atoms with E-state index in [4.69, 9.17) is 0 Å². The number of alkyl halides is 3. The van der Waals surface area contributed by atoms with Gasteiger partial charge in [-0.15, -0.1) is 5.10 Å². The molecule has 30 heavy (non-hydrogen) atoms. The Hall–Kier alpha value is -3.96. The van der Waals surface area contributed by atoms with Crippen LogP contribution in [-0.2, 0) is 6.18 Å². The van der Waals surface area contributed by atoms with Crippen molar-refractivity contribution in [2.45, 2.75) is 6.18 Å². The van der Waals surface area contributed by atoms with Gasteiger partial charge in [-0.3, -0.25) is 14.9 Å². The largest absolute Gasteiger partial charge is 0.418 e. The summed E-state index contributed by atoms with van der Waals surface area (Å²) in [5.74, 6) is -0.643. The maximum absolute atomic E-state index is 13.1. The van der Waals surface area contributed by atoms with Gasteiger partial charge in [-0.25, -0.2) is 4.68 Å². The summed E-state index contributed by atoms with van der Waals surface area (Å²) < 4.78 is 40.3. The lowest BCUT2D eigenvalue weighted by molar-refractivity contribution is -0.384. The van der Waals surface area contributed by atoms with Crippen LogP contribution in [0, 0.1) is 10.1 Å². The Morgan fingerprint density at radius 3 is 2.53 bits per heavy atom. The molecule has 156 valence electrons. The Morgan fingerprint density at radius 2 is 1.80 bits per heavy atom. The minimum atomic E-state index is -4.59. The number of hydrogen-bond acceptors (Lipinski definition) is 6. The fourth-order valence-corrected chi connectivity index (χ4v) is 2.64. The van der Waals surface area contributed by atoms with E-state index >= 15 is 0 Å². The van der Waals surface area contributed by atoms with Crippen LogP contribution < -0.4 is 10.6 Å². The highest BCUT2D eigenvalue weighted by Crippen LogP contribution is 2.33. The van der Waals surface area contributed by atoms with Crippen molar-refractivity contribution >= 4 is 17.3 Å². The highest BCUT2D eigenvalue weighted by Gasteiger charge is 2.34. The molecule has 1 aromatic heterocycles. The number of nitro benzene ring substituents is 1. The molecule has 3 aromatic rings. The number of benzene rings is 2. The first-order valence-corrected chi connectivity index (χ1v) is 8.62. The lowest BCUT2D eigenvalue weighted by Gasteiger charge is -2.11. The summed E-state index contributed by atoms with van der Waals surface area (Å²) in [6.07, 6.45) is -3.49. The van der Waals surface area contributed by atoms with Gasteiger partial charge in [0.15, 0.2) is 5.69 Å². The van der Waals surface area contributed by atoms with E-state index in [2.05, 4.69) is 20.9 Å². The summed E-state index contributed by atoms with van der Waals surface area (Å²) >= 11 is 0. The molecule has 0 atom stereocenters. The van der Waals surface area contributed by atoms with Crippen molar-refractivity contribution in [2.75, 3.05) is 18.4 Å². The number of aromatic nitrogens is 3. The maximum atomic E-state index is 13.1. The number of nitrogens with zero attached hydrogens (tertiary/aromatic N) is 4. The molecule has 1 amide bonds. The minimum absolute atomic E-state index is 0.0941. The summed E-state index contributed by atoms with van der Waals surface area (Å²) in [5, 5.41) is 23.5. The lowest BCUT2D eigenvalue weighted by Crippen LogP contribution is -2.29. The monoisotopic (exact) mass is 420 g/mol. The first-order chi connectivity index (χ1) is 14.3. The van der Waals surface area contributed by atoms with Gasteiger partial charge in [0.1, 0.15) is 5.69 Å².